The molecule has 5 heteroatoms. The van der Waals surface area contributed by atoms with Gasteiger partial charge in [-0.15, -0.1) is 0 Å². The van der Waals surface area contributed by atoms with E-state index in [2.05, 4.69) is 5.32 Å². The molecule has 0 bridgehead atoms. The van der Waals surface area contributed by atoms with Gasteiger partial charge in [0.05, 0.1) is 17.8 Å². The maximum absolute atomic E-state index is 12.1. The Balaban J connectivity index is 1.78. The SMILES string of the molecule is COc1ccc(C2CC(=O)C=C(Nc3ccc(Cl)cc3Cl)C2)cc1. The van der Waals surface area contributed by atoms with Gasteiger partial charge in [0, 0.05) is 23.2 Å². The normalized spacial score (nSPS) is 17.4. The minimum atomic E-state index is 0.106. The van der Waals surface area contributed by atoms with E-state index in [4.69, 9.17) is 27.9 Å². The number of hydrogen-bond donors (Lipinski definition) is 1. The van der Waals surface area contributed by atoms with Gasteiger partial charge in [-0.3, -0.25) is 4.79 Å². The molecule has 3 rings (SSSR count). The number of nitrogens with one attached hydrogen (secondary N) is 1. The zero-order valence-corrected chi connectivity index (χ0v) is 14.7. The van der Waals surface area contributed by atoms with Gasteiger partial charge in [-0.2, -0.15) is 0 Å². The summed E-state index contributed by atoms with van der Waals surface area (Å²) in [4.78, 5) is 12.1. The van der Waals surface area contributed by atoms with Crippen molar-refractivity contribution in [1.82, 2.24) is 0 Å². The van der Waals surface area contributed by atoms with Crippen molar-refractivity contribution in [3.63, 3.8) is 0 Å². The monoisotopic (exact) mass is 361 g/mol. The van der Waals surface area contributed by atoms with E-state index in [1.54, 1.807) is 25.3 Å². The van der Waals surface area contributed by atoms with Gasteiger partial charge >= 0.3 is 0 Å². The van der Waals surface area contributed by atoms with Crippen LogP contribution < -0.4 is 10.1 Å². The Morgan fingerprint density at radius 2 is 1.83 bits per heavy atom. The van der Waals surface area contributed by atoms with Crippen LogP contribution in [0.1, 0.15) is 24.3 Å². The van der Waals surface area contributed by atoms with Gasteiger partial charge in [0.2, 0.25) is 0 Å². The molecule has 0 aliphatic heterocycles. The van der Waals surface area contributed by atoms with E-state index in [1.807, 2.05) is 30.3 Å². The van der Waals surface area contributed by atoms with Gasteiger partial charge in [0.1, 0.15) is 5.75 Å². The highest BCUT2D eigenvalue weighted by atomic mass is 35.5. The fourth-order valence-corrected chi connectivity index (χ4v) is 3.31. The second-order valence-corrected chi connectivity index (χ2v) is 6.61. The molecule has 0 radical (unpaired) electrons. The number of hydrogen-bond acceptors (Lipinski definition) is 3. The third-order valence-corrected chi connectivity index (χ3v) is 4.61. The van der Waals surface area contributed by atoms with E-state index in [0.29, 0.717) is 16.5 Å². The highest BCUT2D eigenvalue weighted by molar-refractivity contribution is 6.36. The molecule has 3 nitrogen and oxygen atoms in total. The number of carbonyl (C=O) groups is 1. The second kappa shape index (κ2) is 7.29. The highest BCUT2D eigenvalue weighted by Gasteiger charge is 2.22. The van der Waals surface area contributed by atoms with E-state index in [-0.39, 0.29) is 11.7 Å². The summed E-state index contributed by atoms with van der Waals surface area (Å²) in [5, 5.41) is 4.36. The van der Waals surface area contributed by atoms with Crippen LogP contribution in [-0.2, 0) is 4.79 Å². The molecule has 0 saturated carbocycles. The molecule has 2 aromatic carbocycles. The average molecular weight is 362 g/mol. The molecule has 1 aliphatic rings. The standard InChI is InChI=1S/C19H17Cl2NO2/c1-24-17-5-2-12(3-6-17)13-8-15(11-16(23)9-13)22-19-7-4-14(20)10-18(19)21/h2-7,10-11,13,22H,8-9H2,1H3. The summed E-state index contributed by atoms with van der Waals surface area (Å²) < 4.78 is 5.18. The highest BCUT2D eigenvalue weighted by Crippen LogP contribution is 2.34. The van der Waals surface area contributed by atoms with Crippen molar-refractivity contribution in [2.45, 2.75) is 18.8 Å². The van der Waals surface area contributed by atoms with Gasteiger partial charge in [-0.05, 0) is 48.2 Å². The van der Waals surface area contributed by atoms with E-state index in [0.717, 1.165) is 29.1 Å². The lowest BCUT2D eigenvalue weighted by molar-refractivity contribution is -0.115. The van der Waals surface area contributed by atoms with Gasteiger partial charge in [0.25, 0.3) is 0 Å². The Labute approximate surface area is 151 Å². The summed E-state index contributed by atoms with van der Waals surface area (Å²) in [6.07, 6.45) is 2.91. The molecule has 0 heterocycles. The van der Waals surface area contributed by atoms with Crippen molar-refractivity contribution >= 4 is 34.7 Å². The molecular formula is C19H17Cl2NO2. The van der Waals surface area contributed by atoms with Crippen LogP contribution in [0.15, 0.2) is 54.2 Å². The molecule has 0 aromatic heterocycles. The van der Waals surface area contributed by atoms with Crippen molar-refractivity contribution in [1.29, 1.82) is 0 Å². The summed E-state index contributed by atoms with van der Waals surface area (Å²) in [5.74, 6) is 1.05. The molecule has 2 aromatic rings. The minimum Gasteiger partial charge on any atom is -0.497 e. The third kappa shape index (κ3) is 3.92. The molecule has 1 aliphatic carbocycles. The summed E-state index contributed by atoms with van der Waals surface area (Å²) in [7, 11) is 1.64. The number of anilines is 1. The van der Waals surface area contributed by atoms with Crippen molar-refractivity contribution in [2.75, 3.05) is 12.4 Å². The Morgan fingerprint density at radius 3 is 2.50 bits per heavy atom. The maximum Gasteiger partial charge on any atom is 0.158 e. The smallest absolute Gasteiger partial charge is 0.158 e. The summed E-state index contributed by atoms with van der Waals surface area (Å²) >= 11 is 12.1. The molecular weight excluding hydrogens is 345 g/mol. The Morgan fingerprint density at radius 1 is 1.08 bits per heavy atom. The maximum atomic E-state index is 12.1. The molecule has 0 amide bonds. The van der Waals surface area contributed by atoms with Crippen molar-refractivity contribution in [2.24, 2.45) is 0 Å². The van der Waals surface area contributed by atoms with Crippen LogP contribution in [-0.4, -0.2) is 12.9 Å². The lowest BCUT2D eigenvalue weighted by Gasteiger charge is -2.24. The first-order valence-corrected chi connectivity index (χ1v) is 8.40. The Hall–Kier alpha value is -1.97. The lowest BCUT2D eigenvalue weighted by atomic mass is 9.85. The van der Waals surface area contributed by atoms with Gasteiger partial charge < -0.3 is 10.1 Å². The fourth-order valence-electron chi connectivity index (χ4n) is 2.86. The quantitative estimate of drug-likeness (QED) is 0.787. The molecule has 1 atom stereocenters. The first kappa shape index (κ1) is 16.9. The number of rotatable bonds is 4. The molecule has 0 spiro atoms. The van der Waals surface area contributed by atoms with Gasteiger partial charge in [-0.25, -0.2) is 0 Å². The van der Waals surface area contributed by atoms with Crippen LogP contribution in [0.4, 0.5) is 5.69 Å². The van der Waals surface area contributed by atoms with Gasteiger partial charge in [0.15, 0.2) is 5.78 Å². The first-order chi connectivity index (χ1) is 11.5. The zero-order valence-electron chi connectivity index (χ0n) is 13.2. The predicted molar refractivity (Wildman–Crippen MR) is 98.1 cm³/mol. The lowest BCUT2D eigenvalue weighted by Crippen LogP contribution is -2.16. The largest absolute Gasteiger partial charge is 0.497 e. The molecule has 0 fully saturated rings. The van der Waals surface area contributed by atoms with Crippen LogP contribution in [0.3, 0.4) is 0 Å². The van der Waals surface area contributed by atoms with E-state index in [1.165, 1.54) is 0 Å². The Bertz CT molecular complexity index is 784. The summed E-state index contributed by atoms with van der Waals surface area (Å²) in [6.45, 7) is 0. The number of benzene rings is 2. The number of carbonyl (C=O) groups excluding carboxylic acids is 1. The summed E-state index contributed by atoms with van der Waals surface area (Å²) in [6, 6.07) is 13.1. The molecule has 1 unspecified atom stereocenters. The topological polar surface area (TPSA) is 38.3 Å². The van der Waals surface area contributed by atoms with Crippen molar-refractivity contribution in [3.05, 3.63) is 69.8 Å². The van der Waals surface area contributed by atoms with Crippen LogP contribution in [0, 0.1) is 0 Å². The van der Waals surface area contributed by atoms with Crippen molar-refractivity contribution < 1.29 is 9.53 Å². The van der Waals surface area contributed by atoms with Crippen LogP contribution >= 0.6 is 23.2 Å². The molecule has 0 saturated heterocycles. The summed E-state index contributed by atoms with van der Waals surface area (Å²) in [5.41, 5.74) is 2.73. The number of ketones is 1. The molecule has 1 N–H and O–H groups in total. The van der Waals surface area contributed by atoms with Crippen molar-refractivity contribution in [3.8, 4) is 5.75 Å². The average Bonchev–Trinajstić information content (AvgIpc) is 2.57. The molecule has 124 valence electrons. The van der Waals surface area contributed by atoms with Crippen LogP contribution in [0.5, 0.6) is 5.75 Å². The zero-order chi connectivity index (χ0) is 17.1. The number of halogens is 2. The third-order valence-electron chi connectivity index (χ3n) is 4.06. The van der Waals surface area contributed by atoms with Gasteiger partial charge in [-0.1, -0.05) is 35.3 Å². The van der Waals surface area contributed by atoms with E-state index >= 15 is 0 Å². The number of allylic oxidation sites excluding steroid dienone is 2. The first-order valence-electron chi connectivity index (χ1n) is 7.64. The molecule has 24 heavy (non-hydrogen) atoms. The number of methoxy groups -OCH3 is 1. The second-order valence-electron chi connectivity index (χ2n) is 5.76. The van der Waals surface area contributed by atoms with Crippen LogP contribution in [0.25, 0.3) is 0 Å². The predicted octanol–water partition coefficient (Wildman–Crippen LogP) is 5.44. The van der Waals surface area contributed by atoms with E-state index in [9.17, 15) is 4.79 Å². The van der Waals surface area contributed by atoms with Crippen LogP contribution in [0.2, 0.25) is 10.0 Å². The fraction of sp³-hybridized carbons (Fsp3) is 0.211. The van der Waals surface area contributed by atoms with E-state index < -0.39 is 0 Å². The Kier molecular flexibility index (Phi) is 5.12. The number of ether oxygens (including phenoxy) is 1. The minimum absolute atomic E-state index is 0.106.